The molecular weight excluding hydrogens is 264 g/mol. The topological polar surface area (TPSA) is 41.6 Å². The lowest BCUT2D eigenvalue weighted by Gasteiger charge is -2.33. The molecule has 0 heterocycles. The van der Waals surface area contributed by atoms with Gasteiger partial charge in [0.1, 0.15) is 5.54 Å². The van der Waals surface area contributed by atoms with E-state index in [2.05, 4.69) is 17.3 Å². The van der Waals surface area contributed by atoms with E-state index in [-0.39, 0.29) is 5.97 Å². The maximum absolute atomic E-state index is 12.1. The summed E-state index contributed by atoms with van der Waals surface area (Å²) in [7, 11) is 3.70. The zero-order valence-electron chi connectivity index (χ0n) is 14.0. The molecule has 0 aromatic carbocycles. The lowest BCUT2D eigenvalue weighted by atomic mass is 9.96. The lowest BCUT2D eigenvalue weighted by Crippen LogP contribution is -2.53. The number of methoxy groups -OCH3 is 1. The number of nitrogens with zero attached hydrogens (tertiary/aromatic N) is 1. The molecule has 122 valence electrons. The average molecular weight is 296 g/mol. The van der Waals surface area contributed by atoms with Crippen LogP contribution in [0, 0.1) is 0 Å². The number of carbonyl (C=O) groups is 1. The van der Waals surface area contributed by atoms with Gasteiger partial charge in [-0.3, -0.25) is 10.1 Å². The van der Waals surface area contributed by atoms with Crippen molar-refractivity contribution in [1.29, 1.82) is 0 Å². The van der Waals surface area contributed by atoms with E-state index in [1.165, 1.54) is 58.5 Å². The average Bonchev–Trinajstić information content (AvgIpc) is 3.30. The van der Waals surface area contributed by atoms with E-state index in [9.17, 15) is 4.79 Å². The maximum atomic E-state index is 12.1. The maximum Gasteiger partial charge on any atom is 0.325 e. The summed E-state index contributed by atoms with van der Waals surface area (Å²) in [5.74, 6) is -0.122. The number of rotatable bonds is 7. The van der Waals surface area contributed by atoms with Gasteiger partial charge in [0, 0.05) is 18.6 Å². The van der Waals surface area contributed by atoms with Gasteiger partial charge in [-0.25, -0.2) is 0 Å². The number of ether oxygens (including phenoxy) is 1. The fourth-order valence-corrected chi connectivity index (χ4v) is 3.42. The Bertz CT molecular complexity index is 336. The molecule has 0 aromatic heterocycles. The number of hydrogen-bond acceptors (Lipinski definition) is 4. The number of esters is 1. The summed E-state index contributed by atoms with van der Waals surface area (Å²) in [6, 6.07) is 1.20. The number of nitrogens with one attached hydrogen (secondary N) is 1. The minimum Gasteiger partial charge on any atom is -0.468 e. The Morgan fingerprint density at radius 1 is 1.19 bits per heavy atom. The van der Waals surface area contributed by atoms with E-state index in [4.69, 9.17) is 4.74 Å². The molecular formula is C17H32N2O2. The Kier molecular flexibility index (Phi) is 6.06. The number of hydrogen-bond donors (Lipinski definition) is 1. The van der Waals surface area contributed by atoms with Crippen LogP contribution in [0.1, 0.15) is 64.7 Å². The van der Waals surface area contributed by atoms with E-state index >= 15 is 0 Å². The van der Waals surface area contributed by atoms with Crippen LogP contribution in [0.2, 0.25) is 0 Å². The monoisotopic (exact) mass is 296 g/mol. The normalized spacial score (nSPS) is 23.6. The smallest absolute Gasteiger partial charge is 0.325 e. The van der Waals surface area contributed by atoms with E-state index in [1.807, 2.05) is 6.92 Å². The molecule has 2 fully saturated rings. The van der Waals surface area contributed by atoms with E-state index in [0.717, 1.165) is 13.0 Å². The predicted octanol–water partition coefficient (Wildman–Crippen LogP) is 2.71. The van der Waals surface area contributed by atoms with Crippen molar-refractivity contribution in [2.24, 2.45) is 0 Å². The summed E-state index contributed by atoms with van der Waals surface area (Å²) >= 11 is 0. The van der Waals surface area contributed by atoms with Gasteiger partial charge in [-0.15, -0.1) is 0 Å². The van der Waals surface area contributed by atoms with Crippen molar-refractivity contribution in [1.82, 2.24) is 10.2 Å². The zero-order chi connectivity index (χ0) is 15.3. The van der Waals surface area contributed by atoms with Gasteiger partial charge in [0.15, 0.2) is 0 Å². The third-order valence-corrected chi connectivity index (χ3v) is 5.15. The van der Waals surface area contributed by atoms with Crippen molar-refractivity contribution < 1.29 is 9.53 Å². The molecule has 21 heavy (non-hydrogen) atoms. The first-order valence-electron chi connectivity index (χ1n) is 8.61. The van der Waals surface area contributed by atoms with Gasteiger partial charge < -0.3 is 9.64 Å². The van der Waals surface area contributed by atoms with E-state index in [1.54, 1.807) is 0 Å². The van der Waals surface area contributed by atoms with Crippen LogP contribution in [0.15, 0.2) is 0 Å². The first-order chi connectivity index (χ1) is 10.0. The van der Waals surface area contributed by atoms with Gasteiger partial charge in [-0.05, 0) is 46.1 Å². The molecule has 0 amide bonds. The van der Waals surface area contributed by atoms with E-state index in [0.29, 0.717) is 12.1 Å². The molecule has 0 aromatic rings. The first-order valence-corrected chi connectivity index (χ1v) is 8.61. The van der Waals surface area contributed by atoms with Crippen molar-refractivity contribution in [2.75, 3.05) is 20.7 Å². The molecule has 0 spiro atoms. The van der Waals surface area contributed by atoms with Crippen molar-refractivity contribution in [3.8, 4) is 0 Å². The molecule has 2 saturated carbocycles. The highest BCUT2D eigenvalue weighted by molar-refractivity contribution is 5.80. The minimum atomic E-state index is -0.533. The number of carbonyl (C=O) groups excluding carboxylic acids is 1. The van der Waals surface area contributed by atoms with Gasteiger partial charge in [-0.1, -0.05) is 25.7 Å². The molecule has 2 rings (SSSR count). The van der Waals surface area contributed by atoms with Crippen LogP contribution in [0.3, 0.4) is 0 Å². The molecule has 1 unspecified atom stereocenters. The standard InChI is InChI=1S/C17H32N2O2/c1-17(16(20)21-3,18-14-10-11-14)12-13-19(2)15-8-6-4-5-7-9-15/h14-15,18H,4-13H2,1-3H3. The second-order valence-electron chi connectivity index (χ2n) is 7.12. The van der Waals surface area contributed by atoms with Gasteiger partial charge in [-0.2, -0.15) is 0 Å². The SMILES string of the molecule is COC(=O)C(C)(CCN(C)C1CCCCCC1)NC1CC1. The fraction of sp³-hybridized carbons (Fsp3) is 0.941. The molecule has 2 aliphatic rings. The van der Waals surface area contributed by atoms with E-state index < -0.39 is 5.54 Å². The lowest BCUT2D eigenvalue weighted by molar-refractivity contribution is -0.148. The molecule has 1 atom stereocenters. The van der Waals surface area contributed by atoms with Crippen molar-refractivity contribution in [3.63, 3.8) is 0 Å². The summed E-state index contributed by atoms with van der Waals surface area (Å²) in [4.78, 5) is 14.6. The fourth-order valence-electron chi connectivity index (χ4n) is 3.42. The van der Waals surface area contributed by atoms with Crippen LogP contribution in [0.25, 0.3) is 0 Å². The molecule has 4 heteroatoms. The summed E-state index contributed by atoms with van der Waals surface area (Å²) < 4.78 is 5.02. The first kappa shape index (κ1) is 16.8. The third-order valence-electron chi connectivity index (χ3n) is 5.15. The second kappa shape index (κ2) is 7.59. The molecule has 4 nitrogen and oxygen atoms in total. The molecule has 2 aliphatic carbocycles. The van der Waals surface area contributed by atoms with Crippen LogP contribution in [-0.4, -0.2) is 49.2 Å². The summed E-state index contributed by atoms with van der Waals surface area (Å²) in [5, 5.41) is 3.49. The second-order valence-corrected chi connectivity index (χ2v) is 7.12. The quantitative estimate of drug-likeness (QED) is 0.579. The highest BCUT2D eigenvalue weighted by atomic mass is 16.5. The summed E-state index contributed by atoms with van der Waals surface area (Å²) in [6.45, 7) is 2.95. The highest BCUT2D eigenvalue weighted by Gasteiger charge is 2.39. The van der Waals surface area contributed by atoms with Crippen molar-refractivity contribution >= 4 is 5.97 Å². The van der Waals surface area contributed by atoms with Crippen LogP contribution in [0.5, 0.6) is 0 Å². The van der Waals surface area contributed by atoms with Gasteiger partial charge >= 0.3 is 5.97 Å². The zero-order valence-corrected chi connectivity index (χ0v) is 14.0. The third kappa shape index (κ3) is 4.96. The minimum absolute atomic E-state index is 0.122. The van der Waals surface area contributed by atoms with Gasteiger partial charge in [0.2, 0.25) is 0 Å². The highest BCUT2D eigenvalue weighted by Crippen LogP contribution is 2.26. The molecule has 0 aliphatic heterocycles. The Balaban J connectivity index is 1.85. The largest absolute Gasteiger partial charge is 0.468 e. The van der Waals surface area contributed by atoms with Crippen molar-refractivity contribution in [2.45, 2.75) is 82.3 Å². The van der Waals surface area contributed by atoms with Crippen LogP contribution >= 0.6 is 0 Å². The summed E-state index contributed by atoms with van der Waals surface area (Å²) in [5.41, 5.74) is -0.533. The Hall–Kier alpha value is -0.610. The van der Waals surface area contributed by atoms with Crippen LogP contribution in [-0.2, 0) is 9.53 Å². The van der Waals surface area contributed by atoms with Crippen molar-refractivity contribution in [3.05, 3.63) is 0 Å². The Morgan fingerprint density at radius 2 is 1.81 bits per heavy atom. The van der Waals surface area contributed by atoms with Gasteiger partial charge in [0.25, 0.3) is 0 Å². The van der Waals surface area contributed by atoms with Crippen LogP contribution in [0.4, 0.5) is 0 Å². The summed E-state index contributed by atoms with van der Waals surface area (Å²) in [6.07, 6.45) is 11.3. The molecule has 0 bridgehead atoms. The van der Waals surface area contributed by atoms with Gasteiger partial charge in [0.05, 0.1) is 7.11 Å². The molecule has 1 N–H and O–H groups in total. The predicted molar refractivity (Wildman–Crippen MR) is 85.3 cm³/mol. The Morgan fingerprint density at radius 3 is 2.33 bits per heavy atom. The molecule has 0 saturated heterocycles. The Labute approximate surface area is 129 Å². The molecule has 0 radical (unpaired) electrons. The van der Waals surface area contributed by atoms with Crippen LogP contribution < -0.4 is 5.32 Å².